The summed E-state index contributed by atoms with van der Waals surface area (Å²) in [6.45, 7) is 3.63. The molecule has 4 rings (SSSR count). The summed E-state index contributed by atoms with van der Waals surface area (Å²) in [5.74, 6) is -0.958. The first kappa shape index (κ1) is 20.6. The summed E-state index contributed by atoms with van der Waals surface area (Å²) < 4.78 is 0. The Morgan fingerprint density at radius 1 is 1.00 bits per heavy atom. The molecule has 6 nitrogen and oxygen atoms in total. The monoisotopic (exact) mass is 431 g/mol. The van der Waals surface area contributed by atoms with Crippen LogP contribution in [-0.4, -0.2) is 29.3 Å². The summed E-state index contributed by atoms with van der Waals surface area (Å²) in [7, 11) is 0. The molecule has 1 saturated heterocycles. The van der Waals surface area contributed by atoms with E-state index in [0.717, 1.165) is 26.5 Å². The van der Waals surface area contributed by atoms with Crippen LogP contribution in [0.3, 0.4) is 0 Å². The molecule has 0 bridgehead atoms. The number of nitrogens with zero attached hydrogens (tertiary/aromatic N) is 1. The molecule has 3 aromatic rings. The molecule has 0 saturated carbocycles. The maximum Gasteiger partial charge on any atom is 0.329 e. The molecule has 0 atom stereocenters. The van der Waals surface area contributed by atoms with Crippen molar-refractivity contribution >= 4 is 40.9 Å². The van der Waals surface area contributed by atoms with Crippen LogP contribution in [0.25, 0.3) is 17.2 Å². The number of nitrogens with one attached hydrogen (secondary N) is 2. The van der Waals surface area contributed by atoms with Crippen molar-refractivity contribution < 1.29 is 14.4 Å². The summed E-state index contributed by atoms with van der Waals surface area (Å²) in [4.78, 5) is 39.0. The Hall–Kier alpha value is -3.71. The molecule has 4 amide bonds. The van der Waals surface area contributed by atoms with Gasteiger partial charge in [-0.25, -0.2) is 9.69 Å². The molecular weight excluding hydrogens is 410 g/mol. The molecule has 2 heterocycles. The molecule has 7 heteroatoms. The molecule has 2 N–H and O–H groups in total. The largest absolute Gasteiger partial charge is 0.329 e. The Morgan fingerprint density at radius 3 is 2.32 bits per heavy atom. The molecule has 1 aliphatic heterocycles. The first-order valence-electron chi connectivity index (χ1n) is 9.76. The van der Waals surface area contributed by atoms with Crippen LogP contribution < -0.4 is 10.6 Å². The van der Waals surface area contributed by atoms with Gasteiger partial charge in [0.2, 0.25) is 5.91 Å². The second-order valence-corrected chi connectivity index (χ2v) is 8.34. The van der Waals surface area contributed by atoms with Crippen molar-refractivity contribution in [3.05, 3.63) is 81.7 Å². The van der Waals surface area contributed by atoms with Gasteiger partial charge in [0.25, 0.3) is 5.91 Å². The lowest BCUT2D eigenvalue weighted by atomic mass is 10.1. The lowest BCUT2D eigenvalue weighted by Gasteiger charge is -2.12. The number of anilines is 1. The maximum atomic E-state index is 12.7. The zero-order chi connectivity index (χ0) is 22.0. The number of hydrogen-bond acceptors (Lipinski definition) is 4. The van der Waals surface area contributed by atoms with E-state index in [1.54, 1.807) is 18.2 Å². The van der Waals surface area contributed by atoms with Crippen LogP contribution in [0.15, 0.2) is 65.7 Å². The van der Waals surface area contributed by atoms with E-state index in [1.807, 2.05) is 61.7 Å². The van der Waals surface area contributed by atoms with Crippen molar-refractivity contribution in [2.75, 3.05) is 11.9 Å². The first-order chi connectivity index (χ1) is 14.9. The SMILES string of the molecule is Cc1ccc(NC(=O)CN2C(=O)NC(=Cc3cc(-c4ccc(C)cc4)cs3)C2=O)cc1. The molecule has 0 radical (unpaired) electrons. The standard InChI is InChI=1S/C24H21N3O3S/c1-15-3-7-17(8-4-15)18-11-20(31-14-18)12-21-23(29)27(24(30)26-21)13-22(28)25-19-9-5-16(2)6-10-19/h3-12,14H,13H2,1-2H3,(H,25,28)(H,26,30). The van der Waals surface area contributed by atoms with Crippen molar-refractivity contribution in [3.8, 4) is 11.1 Å². The topological polar surface area (TPSA) is 78.5 Å². The Kier molecular flexibility index (Phi) is 5.68. The fourth-order valence-electron chi connectivity index (χ4n) is 3.16. The van der Waals surface area contributed by atoms with E-state index in [2.05, 4.69) is 10.6 Å². The van der Waals surface area contributed by atoms with Gasteiger partial charge in [0.05, 0.1) is 0 Å². The molecule has 1 aliphatic rings. The number of urea groups is 1. The Balaban J connectivity index is 1.44. The minimum atomic E-state index is -0.606. The lowest BCUT2D eigenvalue weighted by Crippen LogP contribution is -2.38. The fraction of sp³-hybridized carbons (Fsp3) is 0.125. The van der Waals surface area contributed by atoms with Crippen LogP contribution in [0.1, 0.15) is 16.0 Å². The van der Waals surface area contributed by atoms with E-state index in [-0.39, 0.29) is 12.2 Å². The smallest absolute Gasteiger partial charge is 0.325 e. The number of benzene rings is 2. The molecule has 0 aliphatic carbocycles. The van der Waals surface area contributed by atoms with E-state index < -0.39 is 17.8 Å². The van der Waals surface area contributed by atoms with Crippen molar-refractivity contribution in [3.63, 3.8) is 0 Å². The third-order valence-electron chi connectivity index (χ3n) is 4.89. The second-order valence-electron chi connectivity index (χ2n) is 7.40. The van der Waals surface area contributed by atoms with Crippen LogP contribution in [0.5, 0.6) is 0 Å². The van der Waals surface area contributed by atoms with Gasteiger partial charge in [-0.3, -0.25) is 9.59 Å². The average molecular weight is 432 g/mol. The van der Waals surface area contributed by atoms with Gasteiger partial charge in [-0.05, 0) is 54.6 Å². The summed E-state index contributed by atoms with van der Waals surface area (Å²) in [5, 5.41) is 7.26. The highest BCUT2D eigenvalue weighted by Gasteiger charge is 2.35. The number of carbonyl (C=O) groups excluding carboxylic acids is 3. The van der Waals surface area contributed by atoms with Crippen molar-refractivity contribution in [1.82, 2.24) is 10.2 Å². The minimum Gasteiger partial charge on any atom is -0.325 e. The van der Waals surface area contributed by atoms with Crippen molar-refractivity contribution in [1.29, 1.82) is 0 Å². The van der Waals surface area contributed by atoms with Gasteiger partial charge in [-0.15, -0.1) is 11.3 Å². The number of aryl methyl sites for hydroxylation is 2. The van der Waals surface area contributed by atoms with Gasteiger partial charge in [-0.1, -0.05) is 47.5 Å². The predicted octanol–water partition coefficient (Wildman–Crippen LogP) is 4.56. The average Bonchev–Trinajstić information content (AvgIpc) is 3.31. The first-order valence-corrected chi connectivity index (χ1v) is 10.6. The molecule has 0 unspecified atom stereocenters. The molecular formula is C24H21N3O3S. The zero-order valence-corrected chi connectivity index (χ0v) is 18.0. The van der Waals surface area contributed by atoms with Crippen LogP contribution in [0, 0.1) is 13.8 Å². The van der Waals surface area contributed by atoms with Gasteiger partial charge in [0.15, 0.2) is 0 Å². The lowest BCUT2D eigenvalue weighted by molar-refractivity contribution is -0.127. The van der Waals surface area contributed by atoms with Gasteiger partial charge >= 0.3 is 6.03 Å². The number of hydrogen-bond donors (Lipinski definition) is 2. The maximum absolute atomic E-state index is 12.7. The molecule has 156 valence electrons. The van der Waals surface area contributed by atoms with E-state index in [9.17, 15) is 14.4 Å². The van der Waals surface area contributed by atoms with Gasteiger partial charge in [-0.2, -0.15) is 0 Å². The van der Waals surface area contributed by atoms with Gasteiger partial charge in [0, 0.05) is 10.6 Å². The van der Waals surface area contributed by atoms with Gasteiger partial charge in [0.1, 0.15) is 12.2 Å². The highest BCUT2D eigenvalue weighted by Crippen LogP contribution is 2.28. The Bertz CT molecular complexity index is 1180. The second kappa shape index (κ2) is 8.57. The third kappa shape index (κ3) is 4.73. The van der Waals surface area contributed by atoms with Gasteiger partial charge < -0.3 is 10.6 Å². The number of carbonyl (C=O) groups is 3. The van der Waals surface area contributed by atoms with E-state index in [0.29, 0.717) is 5.69 Å². The van der Waals surface area contributed by atoms with Crippen LogP contribution in [0.4, 0.5) is 10.5 Å². The summed E-state index contributed by atoms with van der Waals surface area (Å²) in [6, 6.07) is 16.8. The van der Waals surface area contributed by atoms with Crippen LogP contribution in [0.2, 0.25) is 0 Å². The zero-order valence-electron chi connectivity index (χ0n) is 17.1. The minimum absolute atomic E-state index is 0.158. The normalized spacial score (nSPS) is 14.8. The number of imide groups is 1. The van der Waals surface area contributed by atoms with E-state index >= 15 is 0 Å². The Morgan fingerprint density at radius 2 is 1.65 bits per heavy atom. The van der Waals surface area contributed by atoms with Crippen molar-refractivity contribution in [2.24, 2.45) is 0 Å². The molecule has 2 aromatic carbocycles. The third-order valence-corrected chi connectivity index (χ3v) is 5.77. The highest BCUT2D eigenvalue weighted by atomic mass is 32.1. The number of amides is 4. The van der Waals surface area contributed by atoms with Crippen molar-refractivity contribution in [2.45, 2.75) is 13.8 Å². The predicted molar refractivity (Wildman–Crippen MR) is 123 cm³/mol. The quantitative estimate of drug-likeness (QED) is 0.459. The molecule has 31 heavy (non-hydrogen) atoms. The molecule has 1 fully saturated rings. The van der Waals surface area contributed by atoms with Crippen LogP contribution >= 0.6 is 11.3 Å². The fourth-order valence-corrected chi connectivity index (χ4v) is 4.01. The number of thiophene rings is 1. The summed E-state index contributed by atoms with van der Waals surface area (Å²) in [6.07, 6.45) is 1.64. The molecule has 1 aromatic heterocycles. The summed E-state index contributed by atoms with van der Waals surface area (Å²) in [5.41, 5.74) is 5.16. The number of rotatable bonds is 5. The van der Waals surface area contributed by atoms with E-state index in [4.69, 9.17) is 0 Å². The summed E-state index contributed by atoms with van der Waals surface area (Å²) >= 11 is 1.48. The van der Waals surface area contributed by atoms with Crippen LogP contribution in [-0.2, 0) is 9.59 Å². The van der Waals surface area contributed by atoms with E-state index in [1.165, 1.54) is 16.9 Å². The highest BCUT2D eigenvalue weighted by molar-refractivity contribution is 7.11. The Labute approximate surface area is 184 Å². The molecule has 0 spiro atoms.